The zero-order chi connectivity index (χ0) is 13.3. The Balaban J connectivity index is 2.37. The molecule has 6 heteroatoms. The molecule has 0 radical (unpaired) electrons. The molecule has 96 valence electrons. The molecule has 1 aromatic heterocycles. The molecule has 0 aliphatic carbocycles. The van der Waals surface area contributed by atoms with Gasteiger partial charge < -0.3 is 9.52 Å². The minimum atomic E-state index is -4.36. The van der Waals surface area contributed by atoms with Crippen LogP contribution in [-0.2, 0) is 12.8 Å². The van der Waals surface area contributed by atoms with Gasteiger partial charge in [-0.3, -0.25) is 0 Å². The summed E-state index contributed by atoms with van der Waals surface area (Å²) in [5.41, 5.74) is 0.303. The Morgan fingerprint density at radius 1 is 1.22 bits per heavy atom. The van der Waals surface area contributed by atoms with Crippen LogP contribution in [0.15, 0.2) is 28.7 Å². The number of oxazole rings is 1. The highest BCUT2D eigenvalue weighted by atomic mass is 19.4. The van der Waals surface area contributed by atoms with E-state index in [-0.39, 0.29) is 12.5 Å². The van der Waals surface area contributed by atoms with E-state index in [0.29, 0.717) is 17.0 Å². The molecule has 0 amide bonds. The third-order valence-electron chi connectivity index (χ3n) is 2.45. The number of aliphatic hydroxyl groups is 1. The van der Waals surface area contributed by atoms with Gasteiger partial charge in [0, 0.05) is 5.56 Å². The number of halogens is 3. The van der Waals surface area contributed by atoms with Gasteiger partial charge in [-0.1, -0.05) is 12.1 Å². The molecule has 0 spiro atoms. The standard InChI is InChI=1S/C12H10F3NO2/c1-7-11(18-10(6-17)16-7)8-2-4-9(5-3-8)12(13,14)15/h2-5,17H,6H2,1H3. The predicted octanol–water partition coefficient (Wildman–Crippen LogP) is 3.16. The summed E-state index contributed by atoms with van der Waals surface area (Å²) in [5, 5.41) is 8.87. The van der Waals surface area contributed by atoms with Crippen LogP contribution in [0, 0.1) is 6.92 Å². The monoisotopic (exact) mass is 257 g/mol. The van der Waals surface area contributed by atoms with Crippen molar-refractivity contribution in [3.05, 3.63) is 41.4 Å². The summed E-state index contributed by atoms with van der Waals surface area (Å²) in [4.78, 5) is 3.94. The molecule has 1 aromatic carbocycles. The van der Waals surface area contributed by atoms with Crippen LogP contribution >= 0.6 is 0 Å². The first-order chi connectivity index (χ1) is 8.41. The third-order valence-corrected chi connectivity index (χ3v) is 2.45. The van der Waals surface area contributed by atoms with Gasteiger partial charge in [-0.15, -0.1) is 0 Å². The highest BCUT2D eigenvalue weighted by molar-refractivity contribution is 5.60. The fraction of sp³-hybridized carbons (Fsp3) is 0.250. The van der Waals surface area contributed by atoms with Crippen molar-refractivity contribution in [2.75, 3.05) is 0 Å². The van der Waals surface area contributed by atoms with Gasteiger partial charge in [0.15, 0.2) is 5.76 Å². The molecule has 0 unspecified atom stereocenters. The molecule has 1 heterocycles. The van der Waals surface area contributed by atoms with Crippen molar-refractivity contribution in [2.45, 2.75) is 19.7 Å². The van der Waals surface area contributed by atoms with Crippen molar-refractivity contribution in [3.63, 3.8) is 0 Å². The molecule has 2 aromatic rings. The molecule has 2 rings (SSSR count). The average molecular weight is 257 g/mol. The van der Waals surface area contributed by atoms with Gasteiger partial charge in [0.05, 0.1) is 11.3 Å². The second kappa shape index (κ2) is 4.45. The van der Waals surface area contributed by atoms with Gasteiger partial charge >= 0.3 is 6.18 Å². The highest BCUT2D eigenvalue weighted by Gasteiger charge is 2.30. The van der Waals surface area contributed by atoms with Crippen LogP contribution in [0.4, 0.5) is 13.2 Å². The van der Waals surface area contributed by atoms with E-state index in [0.717, 1.165) is 12.1 Å². The van der Waals surface area contributed by atoms with Crippen molar-refractivity contribution < 1.29 is 22.7 Å². The maximum Gasteiger partial charge on any atom is 0.416 e. The molecule has 0 atom stereocenters. The fourth-order valence-corrected chi connectivity index (χ4v) is 1.60. The maximum atomic E-state index is 12.4. The molecule has 0 saturated heterocycles. The van der Waals surface area contributed by atoms with Crippen LogP contribution in [0.2, 0.25) is 0 Å². The molecule has 0 aliphatic heterocycles. The molecule has 1 N–H and O–H groups in total. The van der Waals surface area contributed by atoms with Crippen LogP contribution in [0.3, 0.4) is 0 Å². The van der Waals surface area contributed by atoms with E-state index in [9.17, 15) is 13.2 Å². The maximum absolute atomic E-state index is 12.4. The lowest BCUT2D eigenvalue weighted by atomic mass is 10.1. The van der Waals surface area contributed by atoms with Gasteiger partial charge in [0.25, 0.3) is 0 Å². The Labute approximate surface area is 101 Å². The first kappa shape index (κ1) is 12.6. The summed E-state index contributed by atoms with van der Waals surface area (Å²) in [5.74, 6) is 0.509. The minimum Gasteiger partial charge on any atom is -0.438 e. The summed E-state index contributed by atoms with van der Waals surface area (Å²) >= 11 is 0. The van der Waals surface area contributed by atoms with E-state index in [4.69, 9.17) is 9.52 Å². The van der Waals surface area contributed by atoms with Crippen molar-refractivity contribution in [1.29, 1.82) is 0 Å². The largest absolute Gasteiger partial charge is 0.438 e. The lowest BCUT2D eigenvalue weighted by Gasteiger charge is -2.06. The molecule has 3 nitrogen and oxygen atoms in total. The number of aromatic nitrogens is 1. The van der Waals surface area contributed by atoms with E-state index in [2.05, 4.69) is 4.98 Å². The van der Waals surface area contributed by atoms with Crippen molar-refractivity contribution in [3.8, 4) is 11.3 Å². The van der Waals surface area contributed by atoms with Gasteiger partial charge in [0.1, 0.15) is 6.61 Å². The summed E-state index contributed by atoms with van der Waals surface area (Å²) in [7, 11) is 0. The summed E-state index contributed by atoms with van der Waals surface area (Å²) in [6, 6.07) is 4.60. The highest BCUT2D eigenvalue weighted by Crippen LogP contribution is 2.31. The van der Waals surface area contributed by atoms with Crippen LogP contribution < -0.4 is 0 Å². The van der Waals surface area contributed by atoms with Crippen LogP contribution in [0.1, 0.15) is 17.1 Å². The third kappa shape index (κ3) is 2.38. The smallest absolute Gasteiger partial charge is 0.416 e. The quantitative estimate of drug-likeness (QED) is 0.898. The second-order valence-corrected chi connectivity index (χ2v) is 3.76. The number of hydrogen-bond acceptors (Lipinski definition) is 3. The van der Waals surface area contributed by atoms with Crippen molar-refractivity contribution in [2.24, 2.45) is 0 Å². The van der Waals surface area contributed by atoms with Crippen LogP contribution in [-0.4, -0.2) is 10.1 Å². The van der Waals surface area contributed by atoms with Gasteiger partial charge in [-0.2, -0.15) is 13.2 Å². The lowest BCUT2D eigenvalue weighted by molar-refractivity contribution is -0.137. The Bertz CT molecular complexity index is 543. The second-order valence-electron chi connectivity index (χ2n) is 3.76. The Morgan fingerprint density at radius 3 is 2.28 bits per heavy atom. The molecule has 18 heavy (non-hydrogen) atoms. The minimum absolute atomic E-state index is 0.141. The lowest BCUT2D eigenvalue weighted by Crippen LogP contribution is -2.03. The van der Waals surface area contributed by atoms with Gasteiger partial charge in [-0.25, -0.2) is 4.98 Å². The molecule has 0 fully saturated rings. The van der Waals surface area contributed by atoms with E-state index in [1.54, 1.807) is 6.92 Å². The first-order valence-electron chi connectivity index (χ1n) is 5.16. The Morgan fingerprint density at radius 2 is 1.83 bits per heavy atom. The zero-order valence-electron chi connectivity index (χ0n) is 9.45. The molecule has 0 aliphatic rings. The Hall–Kier alpha value is -1.82. The first-order valence-corrected chi connectivity index (χ1v) is 5.16. The number of nitrogens with zero attached hydrogens (tertiary/aromatic N) is 1. The molecular formula is C12H10F3NO2. The SMILES string of the molecule is Cc1nc(CO)oc1-c1ccc(C(F)(F)F)cc1. The number of aliphatic hydroxyl groups excluding tert-OH is 1. The van der Waals surface area contributed by atoms with Gasteiger partial charge in [-0.05, 0) is 19.1 Å². The predicted molar refractivity (Wildman–Crippen MR) is 57.6 cm³/mol. The normalized spacial score (nSPS) is 11.8. The van der Waals surface area contributed by atoms with E-state index in [1.165, 1.54) is 12.1 Å². The number of benzene rings is 1. The van der Waals surface area contributed by atoms with Crippen molar-refractivity contribution >= 4 is 0 Å². The molecular weight excluding hydrogens is 247 g/mol. The molecule has 0 bridgehead atoms. The average Bonchev–Trinajstić information content (AvgIpc) is 2.70. The van der Waals surface area contributed by atoms with Crippen LogP contribution in [0.5, 0.6) is 0 Å². The fourth-order valence-electron chi connectivity index (χ4n) is 1.60. The summed E-state index contributed by atoms with van der Waals surface area (Å²) < 4.78 is 42.4. The van der Waals surface area contributed by atoms with E-state index in [1.807, 2.05) is 0 Å². The van der Waals surface area contributed by atoms with Crippen molar-refractivity contribution in [1.82, 2.24) is 4.98 Å². The number of alkyl halides is 3. The summed E-state index contributed by atoms with van der Waals surface area (Å²) in [6.07, 6.45) is -4.36. The van der Waals surface area contributed by atoms with E-state index < -0.39 is 11.7 Å². The summed E-state index contributed by atoms with van der Waals surface area (Å²) in [6.45, 7) is 1.32. The topological polar surface area (TPSA) is 46.3 Å². The van der Waals surface area contributed by atoms with Crippen LogP contribution in [0.25, 0.3) is 11.3 Å². The van der Waals surface area contributed by atoms with E-state index >= 15 is 0 Å². The Kier molecular flexibility index (Phi) is 3.13. The number of rotatable bonds is 2. The zero-order valence-corrected chi connectivity index (χ0v) is 9.45. The van der Waals surface area contributed by atoms with Gasteiger partial charge in [0.2, 0.25) is 5.89 Å². The number of hydrogen-bond donors (Lipinski definition) is 1. The number of aryl methyl sites for hydroxylation is 1. The molecule has 0 saturated carbocycles.